The summed E-state index contributed by atoms with van der Waals surface area (Å²) in [6.07, 6.45) is 0. The van der Waals surface area contributed by atoms with Gasteiger partial charge in [0.15, 0.2) is 0 Å². The molecule has 0 radical (unpaired) electrons. The normalized spacial score (nSPS) is 10.9. The number of ether oxygens (including phenoxy) is 1. The highest BCUT2D eigenvalue weighted by Crippen LogP contribution is 2.23. The SMILES string of the molecule is COC(=O)c1ccc(C)c(S(=O)(=O)Nc2ccccc2C(=O)NCc2ccccc2)c1. The monoisotopic (exact) mass is 438 g/mol. The van der Waals surface area contributed by atoms with Crippen LogP contribution in [0.5, 0.6) is 0 Å². The standard InChI is InChI=1S/C23H22N2O5S/c1-16-12-13-18(23(27)30-2)14-21(16)31(28,29)25-20-11-7-6-10-19(20)22(26)24-15-17-8-4-3-5-9-17/h3-14,25H,15H2,1-2H3,(H,24,26). The van der Waals surface area contributed by atoms with E-state index in [1.165, 1.54) is 37.4 Å². The van der Waals surface area contributed by atoms with E-state index in [1.54, 1.807) is 19.1 Å². The highest BCUT2D eigenvalue weighted by molar-refractivity contribution is 7.92. The van der Waals surface area contributed by atoms with Crippen LogP contribution in [0.4, 0.5) is 5.69 Å². The van der Waals surface area contributed by atoms with E-state index in [4.69, 9.17) is 0 Å². The van der Waals surface area contributed by atoms with Gasteiger partial charge in [0.1, 0.15) is 0 Å². The van der Waals surface area contributed by atoms with Crippen LogP contribution in [0.3, 0.4) is 0 Å². The van der Waals surface area contributed by atoms with Crippen LogP contribution in [0.1, 0.15) is 31.8 Å². The van der Waals surface area contributed by atoms with Crippen LogP contribution in [0.15, 0.2) is 77.7 Å². The Labute approximate surface area is 181 Å². The molecule has 3 rings (SSSR count). The summed E-state index contributed by atoms with van der Waals surface area (Å²) in [5, 5.41) is 2.79. The maximum atomic E-state index is 13.0. The molecular weight excluding hydrogens is 416 g/mol. The van der Waals surface area contributed by atoms with Gasteiger partial charge in [-0.1, -0.05) is 48.5 Å². The fourth-order valence-electron chi connectivity index (χ4n) is 2.98. The summed E-state index contributed by atoms with van der Waals surface area (Å²) < 4.78 is 33.2. The Balaban J connectivity index is 1.86. The van der Waals surface area contributed by atoms with Crippen molar-refractivity contribution < 1.29 is 22.7 Å². The van der Waals surface area contributed by atoms with Crippen LogP contribution in [0, 0.1) is 6.92 Å². The van der Waals surface area contributed by atoms with Gasteiger partial charge in [-0.2, -0.15) is 0 Å². The van der Waals surface area contributed by atoms with Crippen molar-refractivity contribution in [2.75, 3.05) is 11.8 Å². The average molecular weight is 439 g/mol. The summed E-state index contributed by atoms with van der Waals surface area (Å²) in [5.74, 6) is -1.06. The Morgan fingerprint density at radius 3 is 2.32 bits per heavy atom. The minimum Gasteiger partial charge on any atom is -0.465 e. The molecule has 8 heteroatoms. The van der Waals surface area contributed by atoms with E-state index in [9.17, 15) is 18.0 Å². The fraction of sp³-hybridized carbons (Fsp3) is 0.130. The number of sulfonamides is 1. The fourth-order valence-corrected chi connectivity index (χ4v) is 4.33. The van der Waals surface area contributed by atoms with Crippen LogP contribution >= 0.6 is 0 Å². The zero-order chi connectivity index (χ0) is 22.4. The first-order valence-corrected chi connectivity index (χ1v) is 10.9. The molecule has 0 atom stereocenters. The lowest BCUT2D eigenvalue weighted by atomic mass is 10.1. The van der Waals surface area contributed by atoms with Crippen LogP contribution in [-0.4, -0.2) is 27.4 Å². The Morgan fingerprint density at radius 2 is 1.61 bits per heavy atom. The van der Waals surface area contributed by atoms with Crippen molar-refractivity contribution in [1.29, 1.82) is 0 Å². The second-order valence-electron chi connectivity index (χ2n) is 6.79. The minimum absolute atomic E-state index is 0.0742. The van der Waals surface area contributed by atoms with Gasteiger partial charge in [0, 0.05) is 6.54 Å². The highest BCUT2D eigenvalue weighted by atomic mass is 32.2. The first-order valence-electron chi connectivity index (χ1n) is 9.45. The molecule has 3 aromatic carbocycles. The largest absolute Gasteiger partial charge is 0.465 e. The lowest BCUT2D eigenvalue weighted by Crippen LogP contribution is -2.25. The summed E-state index contributed by atoms with van der Waals surface area (Å²) in [7, 11) is -2.85. The van der Waals surface area contributed by atoms with Gasteiger partial charge in [-0.3, -0.25) is 9.52 Å². The van der Waals surface area contributed by atoms with Gasteiger partial charge >= 0.3 is 5.97 Å². The van der Waals surface area contributed by atoms with Crippen molar-refractivity contribution in [1.82, 2.24) is 5.32 Å². The number of carbonyl (C=O) groups excluding carboxylic acids is 2. The summed E-state index contributed by atoms with van der Waals surface area (Å²) in [6.45, 7) is 1.93. The van der Waals surface area contributed by atoms with Crippen molar-refractivity contribution in [3.63, 3.8) is 0 Å². The molecule has 0 aliphatic rings. The summed E-state index contributed by atoms with van der Waals surface area (Å²) >= 11 is 0. The summed E-state index contributed by atoms with van der Waals surface area (Å²) in [4.78, 5) is 24.4. The molecule has 31 heavy (non-hydrogen) atoms. The van der Waals surface area contributed by atoms with Crippen molar-refractivity contribution in [3.8, 4) is 0 Å². The van der Waals surface area contributed by atoms with E-state index in [0.717, 1.165) is 5.56 Å². The highest BCUT2D eigenvalue weighted by Gasteiger charge is 2.22. The predicted molar refractivity (Wildman–Crippen MR) is 117 cm³/mol. The number of para-hydroxylation sites is 1. The van der Waals surface area contributed by atoms with Gasteiger partial charge in [0.25, 0.3) is 15.9 Å². The summed E-state index contributed by atoms with van der Waals surface area (Å²) in [6, 6.07) is 20.0. The Morgan fingerprint density at radius 1 is 0.935 bits per heavy atom. The van der Waals surface area contributed by atoms with Crippen molar-refractivity contribution in [2.45, 2.75) is 18.4 Å². The second-order valence-corrected chi connectivity index (χ2v) is 8.44. The molecule has 2 N–H and O–H groups in total. The zero-order valence-electron chi connectivity index (χ0n) is 17.1. The van der Waals surface area contributed by atoms with Gasteiger partial charge < -0.3 is 10.1 Å². The van der Waals surface area contributed by atoms with E-state index in [-0.39, 0.29) is 21.7 Å². The van der Waals surface area contributed by atoms with Gasteiger partial charge in [0.05, 0.1) is 28.8 Å². The zero-order valence-corrected chi connectivity index (χ0v) is 17.9. The number of methoxy groups -OCH3 is 1. The van der Waals surface area contributed by atoms with Crippen molar-refractivity contribution >= 4 is 27.6 Å². The molecule has 0 fully saturated rings. The molecule has 3 aromatic rings. The number of hydrogen-bond donors (Lipinski definition) is 2. The van der Waals surface area contributed by atoms with Gasteiger partial charge in [-0.15, -0.1) is 0 Å². The molecule has 0 unspecified atom stereocenters. The van der Waals surface area contributed by atoms with E-state index in [2.05, 4.69) is 14.8 Å². The van der Waals surface area contributed by atoms with Gasteiger partial charge in [0.2, 0.25) is 0 Å². The number of aryl methyl sites for hydroxylation is 1. The second kappa shape index (κ2) is 9.44. The molecular formula is C23H22N2O5S. The number of rotatable bonds is 7. The Hall–Kier alpha value is -3.65. The number of benzene rings is 3. The third-order valence-electron chi connectivity index (χ3n) is 4.61. The quantitative estimate of drug-likeness (QED) is 0.550. The number of anilines is 1. The lowest BCUT2D eigenvalue weighted by molar-refractivity contribution is 0.0600. The number of nitrogens with one attached hydrogen (secondary N) is 2. The lowest BCUT2D eigenvalue weighted by Gasteiger charge is -2.14. The molecule has 0 saturated carbocycles. The number of hydrogen-bond acceptors (Lipinski definition) is 5. The van der Waals surface area contributed by atoms with Gasteiger partial charge in [-0.05, 0) is 42.3 Å². The Bertz CT molecular complexity index is 1210. The van der Waals surface area contributed by atoms with E-state index < -0.39 is 21.9 Å². The first-order chi connectivity index (χ1) is 14.8. The molecule has 1 amide bonds. The van der Waals surface area contributed by atoms with Gasteiger partial charge in [-0.25, -0.2) is 13.2 Å². The van der Waals surface area contributed by atoms with Crippen LogP contribution < -0.4 is 10.0 Å². The molecule has 0 aromatic heterocycles. The molecule has 0 aliphatic heterocycles. The number of amides is 1. The average Bonchev–Trinajstić information content (AvgIpc) is 2.78. The van der Waals surface area contributed by atoms with E-state index in [1.807, 2.05) is 30.3 Å². The first kappa shape index (κ1) is 22.0. The molecule has 0 aliphatic carbocycles. The smallest absolute Gasteiger partial charge is 0.337 e. The predicted octanol–water partition coefficient (Wildman–Crippen LogP) is 3.51. The third-order valence-corrected chi connectivity index (χ3v) is 6.12. The van der Waals surface area contributed by atoms with Crippen molar-refractivity contribution in [2.24, 2.45) is 0 Å². The molecule has 0 saturated heterocycles. The van der Waals surface area contributed by atoms with Crippen LogP contribution in [0.25, 0.3) is 0 Å². The van der Waals surface area contributed by atoms with E-state index >= 15 is 0 Å². The maximum absolute atomic E-state index is 13.0. The Kier molecular flexibility index (Phi) is 6.71. The number of esters is 1. The van der Waals surface area contributed by atoms with E-state index in [0.29, 0.717) is 12.1 Å². The van der Waals surface area contributed by atoms with Crippen molar-refractivity contribution in [3.05, 3.63) is 95.1 Å². The molecule has 0 bridgehead atoms. The van der Waals surface area contributed by atoms with Crippen LogP contribution in [0.2, 0.25) is 0 Å². The molecule has 160 valence electrons. The minimum atomic E-state index is -4.07. The third kappa shape index (κ3) is 5.29. The molecule has 0 spiro atoms. The molecule has 7 nitrogen and oxygen atoms in total. The maximum Gasteiger partial charge on any atom is 0.337 e. The topological polar surface area (TPSA) is 102 Å². The van der Waals surface area contributed by atoms with Crippen LogP contribution in [-0.2, 0) is 21.3 Å². The number of carbonyl (C=O) groups is 2. The molecule has 0 heterocycles. The summed E-state index contributed by atoms with van der Waals surface area (Å²) in [5.41, 5.74) is 1.80.